The minimum absolute atomic E-state index is 0.0309. The number of esters is 1. The molecule has 41 heavy (non-hydrogen) atoms. The molecule has 10 nitrogen and oxygen atoms in total. The van der Waals surface area contributed by atoms with Crippen molar-refractivity contribution < 1.29 is 28.8 Å². The number of likely N-dealkylation sites (N-methyl/N-ethyl adjacent to an activating group) is 1. The number of phenols is 1. The second kappa shape index (κ2) is 9.42. The minimum atomic E-state index is -0.776. The highest BCUT2D eigenvalue weighted by molar-refractivity contribution is 7.99. The molecule has 7 rings (SSSR count). The summed E-state index contributed by atoms with van der Waals surface area (Å²) in [6, 6.07) is 2.33. The first-order valence-corrected chi connectivity index (χ1v) is 15.0. The number of benzene rings is 2. The van der Waals surface area contributed by atoms with E-state index in [9.17, 15) is 15.2 Å². The Kier molecular flexibility index (Phi) is 6.14. The van der Waals surface area contributed by atoms with Gasteiger partial charge in [0.2, 0.25) is 6.79 Å². The Hall–Kier alpha value is -3.17. The van der Waals surface area contributed by atoms with Gasteiger partial charge in [-0.25, -0.2) is 0 Å². The highest BCUT2D eigenvalue weighted by Crippen LogP contribution is 2.62. The number of nitriles is 1. The normalized spacial score (nSPS) is 31.9. The zero-order valence-electron chi connectivity index (χ0n) is 23.8. The molecule has 0 spiro atoms. The number of methoxy groups -OCH3 is 1. The maximum Gasteiger partial charge on any atom is 0.323 e. The van der Waals surface area contributed by atoms with E-state index in [0.717, 1.165) is 38.9 Å². The number of phenolic OH excluding ortho intramolecular Hbond substituents is 1. The number of rotatable bonds is 1. The van der Waals surface area contributed by atoms with Gasteiger partial charge in [-0.2, -0.15) is 5.26 Å². The first kappa shape index (κ1) is 26.7. The van der Waals surface area contributed by atoms with Gasteiger partial charge < -0.3 is 29.8 Å². The SMILES string of the molecule is COc1c(C)cc2c(c1O)[C@@H]1C3[C@@H]4SCC(N)C(=O)OC[C@@H](c5c6c(c(C)c(C)c54)OCO6)N3[C@@H](C#N)[C@H](C2)N1C. The standard InChI is InChI=1S/C30H34N4O6S/c1-12-6-15-7-17-18(8-31)34-19-9-38-30(36)16(32)10-41-29(20-13(2)14(3)27-28(22(19)20)40-11-39-27)24(34)23(33(17)4)21(15)25(35)26(12)37-5/h6,16-19,23-24,29,35H,7,9-11,32H2,1-5H3/t16?,17-,18-,19-,23+,24?,29+/m0/s1. The zero-order valence-corrected chi connectivity index (χ0v) is 24.6. The molecule has 0 amide bonds. The Morgan fingerprint density at radius 3 is 2.63 bits per heavy atom. The van der Waals surface area contributed by atoms with Crippen LogP contribution in [0.25, 0.3) is 0 Å². The van der Waals surface area contributed by atoms with Crippen molar-refractivity contribution in [1.82, 2.24) is 9.80 Å². The molecular formula is C30H34N4O6S. The minimum Gasteiger partial charge on any atom is -0.504 e. The van der Waals surface area contributed by atoms with Crippen LogP contribution in [0.1, 0.15) is 56.3 Å². The van der Waals surface area contributed by atoms with Crippen LogP contribution < -0.4 is 19.9 Å². The zero-order chi connectivity index (χ0) is 28.9. The molecule has 0 aliphatic carbocycles. The maximum absolute atomic E-state index is 12.9. The van der Waals surface area contributed by atoms with Crippen LogP contribution in [0.5, 0.6) is 23.0 Å². The predicted molar refractivity (Wildman–Crippen MR) is 151 cm³/mol. The van der Waals surface area contributed by atoms with E-state index in [4.69, 9.17) is 24.7 Å². The van der Waals surface area contributed by atoms with E-state index in [-0.39, 0.29) is 42.5 Å². The number of aromatic hydroxyl groups is 1. The summed E-state index contributed by atoms with van der Waals surface area (Å²) in [4.78, 5) is 17.4. The first-order chi connectivity index (χ1) is 19.7. The molecule has 5 aliphatic heterocycles. The molecule has 4 bridgehead atoms. The van der Waals surface area contributed by atoms with Crippen molar-refractivity contribution in [2.45, 2.75) is 68.7 Å². The van der Waals surface area contributed by atoms with Gasteiger partial charge in [-0.3, -0.25) is 14.6 Å². The number of ether oxygens (including phenoxy) is 4. The van der Waals surface area contributed by atoms with Gasteiger partial charge in [0.25, 0.3) is 0 Å². The van der Waals surface area contributed by atoms with Gasteiger partial charge in [0.15, 0.2) is 23.0 Å². The molecule has 216 valence electrons. The lowest BCUT2D eigenvalue weighted by molar-refractivity contribution is -0.150. The second-order valence-corrected chi connectivity index (χ2v) is 12.9. The molecule has 0 aromatic heterocycles. The van der Waals surface area contributed by atoms with Crippen molar-refractivity contribution in [3.63, 3.8) is 0 Å². The molecule has 0 radical (unpaired) electrons. The number of thioether (sulfide) groups is 1. The molecule has 2 saturated heterocycles. The Bertz CT molecular complexity index is 1520. The van der Waals surface area contributed by atoms with Gasteiger partial charge in [-0.15, -0.1) is 11.8 Å². The van der Waals surface area contributed by atoms with E-state index in [1.165, 1.54) is 0 Å². The summed E-state index contributed by atoms with van der Waals surface area (Å²) in [6.45, 7) is 6.22. The van der Waals surface area contributed by atoms with Gasteiger partial charge in [-0.05, 0) is 62.1 Å². The molecule has 2 aromatic carbocycles. The molecule has 2 aromatic rings. The van der Waals surface area contributed by atoms with E-state index in [2.05, 4.69) is 28.9 Å². The van der Waals surface area contributed by atoms with Crippen molar-refractivity contribution in [1.29, 1.82) is 5.26 Å². The van der Waals surface area contributed by atoms with Crippen LogP contribution in [0.4, 0.5) is 0 Å². The third-order valence-electron chi connectivity index (χ3n) is 9.83. The van der Waals surface area contributed by atoms with E-state index in [1.807, 2.05) is 20.9 Å². The van der Waals surface area contributed by atoms with Crippen molar-refractivity contribution in [3.05, 3.63) is 45.0 Å². The lowest BCUT2D eigenvalue weighted by Crippen LogP contribution is -2.69. The molecule has 2 fully saturated rings. The van der Waals surface area contributed by atoms with Crippen LogP contribution in [0, 0.1) is 32.1 Å². The van der Waals surface area contributed by atoms with Crippen molar-refractivity contribution in [3.8, 4) is 29.1 Å². The maximum atomic E-state index is 12.9. The van der Waals surface area contributed by atoms with Crippen LogP contribution in [-0.4, -0.2) is 78.4 Å². The third kappa shape index (κ3) is 3.51. The summed E-state index contributed by atoms with van der Waals surface area (Å²) in [5, 5.41) is 22.3. The molecular weight excluding hydrogens is 544 g/mol. The lowest BCUT2D eigenvalue weighted by atomic mass is 9.71. The second-order valence-electron chi connectivity index (χ2n) is 11.7. The van der Waals surface area contributed by atoms with Crippen LogP contribution in [-0.2, 0) is 16.0 Å². The molecule has 11 heteroatoms. The van der Waals surface area contributed by atoms with Crippen molar-refractivity contribution in [2.75, 3.05) is 33.3 Å². The topological polar surface area (TPSA) is 131 Å². The Morgan fingerprint density at radius 2 is 1.90 bits per heavy atom. The Morgan fingerprint density at radius 1 is 1.15 bits per heavy atom. The summed E-state index contributed by atoms with van der Waals surface area (Å²) in [5.74, 6) is 1.88. The van der Waals surface area contributed by atoms with Crippen molar-refractivity contribution in [2.24, 2.45) is 5.73 Å². The monoisotopic (exact) mass is 578 g/mol. The van der Waals surface area contributed by atoms with E-state index in [0.29, 0.717) is 29.4 Å². The summed E-state index contributed by atoms with van der Waals surface area (Å²) in [5.41, 5.74) is 13.2. The van der Waals surface area contributed by atoms with Crippen LogP contribution in [0.15, 0.2) is 6.07 Å². The van der Waals surface area contributed by atoms with Gasteiger partial charge >= 0.3 is 5.97 Å². The van der Waals surface area contributed by atoms with Gasteiger partial charge in [0, 0.05) is 34.2 Å². The summed E-state index contributed by atoms with van der Waals surface area (Å²) < 4.78 is 23.6. The molecule has 0 saturated carbocycles. The third-order valence-corrected chi connectivity index (χ3v) is 11.3. The number of fused-ring (bicyclic) bond motifs is 9. The van der Waals surface area contributed by atoms with Crippen LogP contribution in [0.3, 0.4) is 0 Å². The first-order valence-electron chi connectivity index (χ1n) is 13.9. The van der Waals surface area contributed by atoms with Crippen molar-refractivity contribution >= 4 is 17.7 Å². The molecule has 5 heterocycles. The molecule has 2 unspecified atom stereocenters. The average Bonchev–Trinajstić information content (AvgIpc) is 3.44. The Balaban J connectivity index is 1.54. The summed E-state index contributed by atoms with van der Waals surface area (Å²) in [7, 11) is 3.62. The quantitative estimate of drug-likeness (QED) is 0.485. The molecule has 5 aliphatic rings. The largest absolute Gasteiger partial charge is 0.504 e. The highest BCUT2D eigenvalue weighted by Gasteiger charge is 2.60. The average molecular weight is 579 g/mol. The highest BCUT2D eigenvalue weighted by atomic mass is 32.2. The predicted octanol–water partition coefficient (Wildman–Crippen LogP) is 2.94. The number of nitrogens with two attached hydrogens (primary N) is 1. The number of carbonyl (C=O) groups is 1. The fraction of sp³-hybridized carbons (Fsp3) is 0.533. The van der Waals surface area contributed by atoms with E-state index in [1.54, 1.807) is 18.9 Å². The Labute approximate surface area is 243 Å². The van der Waals surface area contributed by atoms with Crippen LogP contribution in [0.2, 0.25) is 0 Å². The number of hydrogen-bond donors (Lipinski definition) is 2. The number of piperazine rings is 1. The number of carbonyl (C=O) groups excluding carboxylic acids is 1. The fourth-order valence-electron chi connectivity index (χ4n) is 7.94. The van der Waals surface area contributed by atoms with Gasteiger partial charge in [0.05, 0.1) is 25.3 Å². The van der Waals surface area contributed by atoms with Crippen LogP contribution >= 0.6 is 11.8 Å². The van der Waals surface area contributed by atoms with Gasteiger partial charge in [0.1, 0.15) is 18.7 Å². The van der Waals surface area contributed by atoms with E-state index >= 15 is 0 Å². The number of hydrogen-bond acceptors (Lipinski definition) is 11. The lowest BCUT2D eigenvalue weighted by Gasteiger charge is -2.62. The number of nitrogens with zero attached hydrogens (tertiary/aromatic N) is 3. The molecule has 7 atom stereocenters. The fourth-order valence-corrected chi connectivity index (χ4v) is 9.44. The summed E-state index contributed by atoms with van der Waals surface area (Å²) in [6.07, 6.45) is 0.592. The number of cyclic esters (lactones) is 1. The number of aryl methyl sites for hydroxylation is 1. The molecule has 3 N–H and O–H groups in total. The summed E-state index contributed by atoms with van der Waals surface area (Å²) >= 11 is 1.61. The smallest absolute Gasteiger partial charge is 0.323 e. The van der Waals surface area contributed by atoms with Gasteiger partial charge in [-0.1, -0.05) is 6.07 Å². The van der Waals surface area contributed by atoms with E-state index < -0.39 is 24.1 Å².